The Bertz CT molecular complexity index is 1210. The lowest BCUT2D eigenvalue weighted by molar-refractivity contribution is -0.139. The van der Waals surface area contributed by atoms with E-state index in [1.807, 2.05) is 37.3 Å². The summed E-state index contributed by atoms with van der Waals surface area (Å²) in [6.07, 6.45) is -4.82. The highest BCUT2D eigenvalue weighted by Gasteiger charge is 2.43. The number of nitrogens with one attached hydrogen (secondary N) is 1. The van der Waals surface area contributed by atoms with Crippen LogP contribution in [0.15, 0.2) is 77.9 Å². The average molecular weight is 476 g/mol. The Labute approximate surface area is 192 Å². The van der Waals surface area contributed by atoms with Gasteiger partial charge in [-0.1, -0.05) is 54.1 Å². The lowest BCUT2D eigenvalue weighted by Crippen LogP contribution is -2.38. The molecule has 1 N–H and O–H groups in total. The number of anilines is 1. The van der Waals surface area contributed by atoms with E-state index in [0.29, 0.717) is 22.9 Å². The quantitative estimate of drug-likeness (QED) is 0.420. The molecule has 170 valence electrons. The minimum atomic E-state index is -4.82. The molecule has 0 aromatic heterocycles. The van der Waals surface area contributed by atoms with Crippen LogP contribution < -0.4 is 5.32 Å². The molecule has 1 heterocycles. The van der Waals surface area contributed by atoms with E-state index >= 15 is 0 Å². The lowest BCUT2D eigenvalue weighted by Gasteiger charge is -2.27. The third-order valence-corrected chi connectivity index (χ3v) is 5.75. The van der Waals surface area contributed by atoms with Gasteiger partial charge >= 0.3 is 12.2 Å². The van der Waals surface area contributed by atoms with Gasteiger partial charge in [-0.2, -0.15) is 18.3 Å². The molecule has 0 fully saturated rings. The number of urea groups is 1. The van der Waals surface area contributed by atoms with Crippen molar-refractivity contribution >= 4 is 29.0 Å². The molecule has 2 amide bonds. The SMILES string of the molecule is CC1(c2ccccc2)CN(C(=O)Nc2ccc(C(F)(F)F)c(F)c2)N=C1c1ccc(Cl)cc1. The molecule has 4 nitrogen and oxygen atoms in total. The summed E-state index contributed by atoms with van der Waals surface area (Å²) in [5.74, 6) is -1.47. The van der Waals surface area contributed by atoms with E-state index in [9.17, 15) is 22.4 Å². The zero-order valence-corrected chi connectivity index (χ0v) is 18.1. The van der Waals surface area contributed by atoms with Gasteiger partial charge in [-0.05, 0) is 48.4 Å². The van der Waals surface area contributed by atoms with Crippen LogP contribution in [0.5, 0.6) is 0 Å². The molecular formula is C24H18ClF4N3O. The topological polar surface area (TPSA) is 44.7 Å². The van der Waals surface area contributed by atoms with E-state index in [4.69, 9.17) is 11.6 Å². The summed E-state index contributed by atoms with van der Waals surface area (Å²) in [7, 11) is 0. The van der Waals surface area contributed by atoms with Crippen molar-refractivity contribution < 1.29 is 22.4 Å². The number of amides is 2. The standard InChI is InChI=1S/C24H18ClF4N3O/c1-23(16-5-3-2-4-6-16)14-32(31-21(23)15-7-9-17(25)10-8-15)22(33)30-18-11-12-19(20(26)13-18)24(27,28)29/h2-13H,14H2,1H3,(H,30,33). The minimum absolute atomic E-state index is 0.109. The highest BCUT2D eigenvalue weighted by atomic mass is 35.5. The van der Waals surface area contributed by atoms with Crippen molar-refractivity contribution in [3.05, 3.63) is 100 Å². The maximum atomic E-state index is 13.9. The van der Waals surface area contributed by atoms with Crippen LogP contribution in [0.3, 0.4) is 0 Å². The van der Waals surface area contributed by atoms with Gasteiger partial charge in [0.05, 0.1) is 23.2 Å². The molecule has 1 aliphatic heterocycles. The Morgan fingerprint density at radius 1 is 1.06 bits per heavy atom. The number of rotatable bonds is 3. The number of hydrogen-bond acceptors (Lipinski definition) is 2. The fourth-order valence-corrected chi connectivity index (χ4v) is 3.91. The van der Waals surface area contributed by atoms with Crippen LogP contribution in [0.2, 0.25) is 5.02 Å². The van der Waals surface area contributed by atoms with Crippen LogP contribution in [0.4, 0.5) is 28.0 Å². The number of hydrazone groups is 1. The van der Waals surface area contributed by atoms with Crippen molar-refractivity contribution in [2.75, 3.05) is 11.9 Å². The first-order valence-electron chi connectivity index (χ1n) is 9.94. The van der Waals surface area contributed by atoms with Crippen LogP contribution in [0, 0.1) is 5.82 Å². The largest absolute Gasteiger partial charge is 0.419 e. The van der Waals surface area contributed by atoms with Crippen LogP contribution in [-0.4, -0.2) is 23.3 Å². The number of hydrogen-bond donors (Lipinski definition) is 1. The molecule has 1 atom stereocenters. The predicted molar refractivity (Wildman–Crippen MR) is 119 cm³/mol. The Hall–Kier alpha value is -3.39. The van der Waals surface area contributed by atoms with E-state index < -0.39 is 29.0 Å². The van der Waals surface area contributed by atoms with Crippen LogP contribution in [-0.2, 0) is 11.6 Å². The Balaban J connectivity index is 1.65. The summed E-state index contributed by atoms with van der Waals surface area (Å²) < 4.78 is 52.3. The summed E-state index contributed by atoms with van der Waals surface area (Å²) in [6.45, 7) is 2.12. The Morgan fingerprint density at radius 3 is 2.33 bits per heavy atom. The fraction of sp³-hybridized carbons (Fsp3) is 0.167. The molecule has 3 aromatic carbocycles. The van der Waals surface area contributed by atoms with Crippen molar-refractivity contribution in [2.24, 2.45) is 5.10 Å². The van der Waals surface area contributed by atoms with Crippen molar-refractivity contribution in [3.8, 4) is 0 Å². The maximum Gasteiger partial charge on any atom is 0.419 e. The van der Waals surface area contributed by atoms with Crippen molar-refractivity contribution in [1.29, 1.82) is 0 Å². The number of halogens is 5. The van der Waals surface area contributed by atoms with E-state index in [2.05, 4.69) is 10.4 Å². The average Bonchev–Trinajstić information content (AvgIpc) is 3.13. The summed E-state index contributed by atoms with van der Waals surface area (Å²) in [6, 6.07) is 18.1. The molecule has 0 bridgehead atoms. The summed E-state index contributed by atoms with van der Waals surface area (Å²) in [5.41, 5.74) is 0.136. The molecule has 3 aromatic rings. The molecule has 0 saturated carbocycles. The van der Waals surface area contributed by atoms with Crippen LogP contribution in [0.25, 0.3) is 0 Å². The molecule has 9 heteroatoms. The van der Waals surface area contributed by atoms with Crippen molar-refractivity contribution in [2.45, 2.75) is 18.5 Å². The molecule has 1 unspecified atom stereocenters. The first-order chi connectivity index (χ1) is 15.6. The van der Waals surface area contributed by atoms with Gasteiger partial charge in [0.25, 0.3) is 0 Å². The third-order valence-electron chi connectivity index (χ3n) is 5.50. The maximum absolute atomic E-state index is 13.9. The Morgan fingerprint density at radius 2 is 1.73 bits per heavy atom. The number of alkyl halides is 3. The molecule has 1 aliphatic rings. The van der Waals surface area contributed by atoms with Gasteiger partial charge in [-0.3, -0.25) is 0 Å². The van der Waals surface area contributed by atoms with Gasteiger partial charge in [0.1, 0.15) is 5.82 Å². The fourth-order valence-electron chi connectivity index (χ4n) is 3.79. The van der Waals surface area contributed by atoms with Gasteiger partial charge in [0.2, 0.25) is 0 Å². The lowest BCUT2D eigenvalue weighted by atomic mass is 9.76. The van der Waals surface area contributed by atoms with Crippen molar-refractivity contribution in [3.63, 3.8) is 0 Å². The van der Waals surface area contributed by atoms with Gasteiger partial charge in [-0.25, -0.2) is 14.2 Å². The summed E-state index contributed by atoms with van der Waals surface area (Å²) >= 11 is 6.01. The molecule has 0 saturated heterocycles. The van der Waals surface area contributed by atoms with E-state index in [0.717, 1.165) is 17.2 Å². The molecule has 4 rings (SSSR count). The van der Waals surface area contributed by atoms with Gasteiger partial charge < -0.3 is 5.32 Å². The van der Waals surface area contributed by atoms with Crippen LogP contribution in [0.1, 0.15) is 23.6 Å². The van der Waals surface area contributed by atoms with Gasteiger partial charge in [0.15, 0.2) is 0 Å². The number of benzene rings is 3. The zero-order valence-electron chi connectivity index (χ0n) is 17.3. The smallest absolute Gasteiger partial charge is 0.306 e. The second kappa shape index (κ2) is 8.51. The highest BCUT2D eigenvalue weighted by Crippen LogP contribution is 2.36. The van der Waals surface area contributed by atoms with E-state index in [1.165, 1.54) is 5.01 Å². The van der Waals surface area contributed by atoms with Crippen LogP contribution >= 0.6 is 11.6 Å². The first-order valence-corrected chi connectivity index (χ1v) is 10.3. The number of nitrogens with zero attached hydrogens (tertiary/aromatic N) is 2. The molecule has 0 radical (unpaired) electrons. The van der Waals surface area contributed by atoms with Gasteiger partial charge in [0, 0.05) is 10.7 Å². The predicted octanol–water partition coefficient (Wildman–Crippen LogP) is 6.71. The molecular weight excluding hydrogens is 458 g/mol. The number of carbonyl (C=O) groups is 1. The Kier molecular flexibility index (Phi) is 5.88. The highest BCUT2D eigenvalue weighted by molar-refractivity contribution is 6.30. The summed E-state index contributed by atoms with van der Waals surface area (Å²) in [5, 5.41) is 8.68. The number of carbonyl (C=O) groups excluding carboxylic acids is 1. The summed E-state index contributed by atoms with van der Waals surface area (Å²) in [4.78, 5) is 12.9. The normalized spacial score (nSPS) is 18.2. The monoisotopic (exact) mass is 475 g/mol. The first kappa shape index (κ1) is 22.8. The zero-order chi connectivity index (χ0) is 23.8. The second-order valence-corrected chi connectivity index (χ2v) is 8.27. The van der Waals surface area contributed by atoms with Crippen molar-refractivity contribution in [1.82, 2.24) is 5.01 Å². The molecule has 0 spiro atoms. The van der Waals surface area contributed by atoms with E-state index in [-0.39, 0.29) is 12.2 Å². The van der Waals surface area contributed by atoms with E-state index in [1.54, 1.807) is 24.3 Å². The third kappa shape index (κ3) is 4.57. The minimum Gasteiger partial charge on any atom is -0.306 e. The molecule has 33 heavy (non-hydrogen) atoms. The van der Waals surface area contributed by atoms with Gasteiger partial charge in [-0.15, -0.1) is 0 Å². The second-order valence-electron chi connectivity index (χ2n) is 7.83. The molecule has 0 aliphatic carbocycles.